The van der Waals surface area contributed by atoms with Gasteiger partial charge in [0, 0.05) is 17.6 Å². The average Bonchev–Trinajstić information content (AvgIpc) is 2.78. The molecule has 7 heteroatoms. The molecule has 154 valence electrons. The van der Waals surface area contributed by atoms with Crippen LogP contribution in [0.1, 0.15) is 21.5 Å². The minimum atomic E-state index is -0.557. The van der Waals surface area contributed by atoms with E-state index in [1.54, 1.807) is 36.4 Å². The Morgan fingerprint density at radius 3 is 2.35 bits per heavy atom. The van der Waals surface area contributed by atoms with Crippen LogP contribution >= 0.6 is 0 Å². The molecule has 0 atom stereocenters. The van der Waals surface area contributed by atoms with Crippen molar-refractivity contribution in [2.45, 2.75) is 13.5 Å². The van der Waals surface area contributed by atoms with E-state index in [0.717, 1.165) is 11.1 Å². The standard InChI is InChI=1S/C24H20N4O3/c1-16-12-13-20-19(14-16)21(24(29)26-18-10-6-3-7-11-18)22(28(30)31)23(27-20)25-15-17-8-4-2-5-9-17/h2-14H,15H2,1H3,(H,25,27)(H,26,29). The van der Waals surface area contributed by atoms with E-state index < -0.39 is 10.8 Å². The molecule has 0 aliphatic carbocycles. The van der Waals surface area contributed by atoms with Crippen molar-refractivity contribution in [3.05, 3.63) is 106 Å². The number of aromatic nitrogens is 1. The van der Waals surface area contributed by atoms with E-state index in [1.807, 2.05) is 49.4 Å². The molecular formula is C24H20N4O3. The first-order valence-electron chi connectivity index (χ1n) is 9.76. The largest absolute Gasteiger partial charge is 0.360 e. The highest BCUT2D eigenvalue weighted by molar-refractivity contribution is 6.16. The lowest BCUT2D eigenvalue weighted by Gasteiger charge is -2.13. The number of pyridine rings is 1. The van der Waals surface area contributed by atoms with Crippen LogP contribution in [0.4, 0.5) is 17.2 Å². The van der Waals surface area contributed by atoms with Gasteiger partial charge in [0.05, 0.1) is 10.4 Å². The number of anilines is 2. The van der Waals surface area contributed by atoms with Crippen LogP contribution < -0.4 is 10.6 Å². The Balaban J connectivity index is 1.84. The normalized spacial score (nSPS) is 10.6. The second-order valence-electron chi connectivity index (χ2n) is 7.12. The summed E-state index contributed by atoms with van der Waals surface area (Å²) in [5.74, 6) is -0.498. The van der Waals surface area contributed by atoms with Gasteiger partial charge in [0.25, 0.3) is 5.91 Å². The first-order valence-corrected chi connectivity index (χ1v) is 9.76. The molecule has 2 N–H and O–H groups in total. The Morgan fingerprint density at radius 2 is 1.68 bits per heavy atom. The molecule has 0 bridgehead atoms. The summed E-state index contributed by atoms with van der Waals surface area (Å²) in [6, 6.07) is 23.7. The number of nitrogens with one attached hydrogen (secondary N) is 2. The zero-order valence-electron chi connectivity index (χ0n) is 16.8. The van der Waals surface area contributed by atoms with Gasteiger partial charge in [-0.1, -0.05) is 60.2 Å². The molecule has 4 aromatic rings. The Hall–Kier alpha value is -4.26. The second-order valence-corrected chi connectivity index (χ2v) is 7.12. The van der Waals surface area contributed by atoms with Crippen LogP contribution in [0.5, 0.6) is 0 Å². The molecule has 1 amide bonds. The van der Waals surface area contributed by atoms with Crippen molar-refractivity contribution < 1.29 is 9.72 Å². The molecule has 3 aromatic carbocycles. The molecule has 0 unspecified atom stereocenters. The van der Waals surface area contributed by atoms with Crippen LogP contribution in [0.3, 0.4) is 0 Å². The number of benzene rings is 3. The molecule has 4 rings (SSSR count). The summed E-state index contributed by atoms with van der Waals surface area (Å²) in [6.07, 6.45) is 0. The predicted octanol–water partition coefficient (Wildman–Crippen LogP) is 5.32. The third kappa shape index (κ3) is 4.35. The Kier molecular flexibility index (Phi) is 5.57. The number of rotatable bonds is 6. The van der Waals surface area contributed by atoms with Crippen LogP contribution in [-0.2, 0) is 6.54 Å². The molecule has 0 spiro atoms. The van der Waals surface area contributed by atoms with Gasteiger partial charge in [0.2, 0.25) is 5.82 Å². The van der Waals surface area contributed by atoms with Gasteiger partial charge in [-0.3, -0.25) is 14.9 Å². The smallest absolute Gasteiger partial charge is 0.324 e. The first-order chi connectivity index (χ1) is 15.0. The van der Waals surface area contributed by atoms with Crippen molar-refractivity contribution in [1.29, 1.82) is 0 Å². The molecule has 0 saturated carbocycles. The predicted molar refractivity (Wildman–Crippen MR) is 121 cm³/mol. The SMILES string of the molecule is Cc1ccc2nc(NCc3ccccc3)c([N+](=O)[O-])c(C(=O)Nc3ccccc3)c2c1. The molecule has 1 heterocycles. The van der Waals surface area contributed by atoms with Gasteiger partial charge in [-0.05, 0) is 36.8 Å². The fraction of sp³-hybridized carbons (Fsp3) is 0.0833. The van der Waals surface area contributed by atoms with Crippen molar-refractivity contribution >= 4 is 34.0 Å². The van der Waals surface area contributed by atoms with E-state index in [9.17, 15) is 14.9 Å². The fourth-order valence-electron chi connectivity index (χ4n) is 3.39. The van der Waals surface area contributed by atoms with Gasteiger partial charge in [0.1, 0.15) is 5.56 Å². The van der Waals surface area contributed by atoms with Crippen LogP contribution in [0.15, 0.2) is 78.9 Å². The lowest BCUT2D eigenvalue weighted by Crippen LogP contribution is -2.17. The van der Waals surface area contributed by atoms with Crippen molar-refractivity contribution in [3.63, 3.8) is 0 Å². The summed E-state index contributed by atoms with van der Waals surface area (Å²) in [5.41, 5.74) is 2.52. The fourth-order valence-corrected chi connectivity index (χ4v) is 3.39. The minimum Gasteiger partial charge on any atom is -0.360 e. The summed E-state index contributed by atoms with van der Waals surface area (Å²) < 4.78 is 0. The molecule has 0 fully saturated rings. The number of hydrogen-bond donors (Lipinski definition) is 2. The van der Waals surface area contributed by atoms with Gasteiger partial charge in [-0.15, -0.1) is 0 Å². The van der Waals surface area contributed by atoms with Gasteiger partial charge in [-0.2, -0.15) is 0 Å². The lowest BCUT2D eigenvalue weighted by atomic mass is 10.0. The zero-order valence-corrected chi connectivity index (χ0v) is 16.8. The van der Waals surface area contributed by atoms with Crippen LogP contribution in [0, 0.1) is 17.0 Å². The van der Waals surface area contributed by atoms with Gasteiger partial charge < -0.3 is 10.6 Å². The highest BCUT2D eigenvalue weighted by atomic mass is 16.6. The van der Waals surface area contributed by atoms with Gasteiger partial charge in [0.15, 0.2) is 0 Å². The molecule has 0 radical (unpaired) electrons. The van der Waals surface area contributed by atoms with Crippen LogP contribution in [0.25, 0.3) is 10.9 Å². The van der Waals surface area contributed by atoms with Crippen molar-refractivity contribution in [2.75, 3.05) is 10.6 Å². The van der Waals surface area contributed by atoms with E-state index in [0.29, 0.717) is 23.1 Å². The number of carbonyl (C=O) groups excluding carboxylic acids is 1. The Morgan fingerprint density at radius 1 is 1.00 bits per heavy atom. The van der Waals surface area contributed by atoms with E-state index >= 15 is 0 Å². The molecule has 1 aromatic heterocycles. The lowest BCUT2D eigenvalue weighted by molar-refractivity contribution is -0.384. The van der Waals surface area contributed by atoms with E-state index in [-0.39, 0.29) is 17.1 Å². The summed E-state index contributed by atoms with van der Waals surface area (Å²) in [5, 5.41) is 18.3. The number of aryl methyl sites for hydroxylation is 1. The quantitative estimate of drug-likeness (QED) is 0.330. The second kappa shape index (κ2) is 8.62. The van der Waals surface area contributed by atoms with Crippen molar-refractivity contribution in [3.8, 4) is 0 Å². The highest BCUT2D eigenvalue weighted by Crippen LogP contribution is 2.34. The Bertz CT molecular complexity index is 1260. The zero-order chi connectivity index (χ0) is 21.8. The summed E-state index contributed by atoms with van der Waals surface area (Å²) in [4.78, 5) is 29.2. The number of amides is 1. The van der Waals surface area contributed by atoms with Crippen molar-refractivity contribution in [2.24, 2.45) is 0 Å². The molecule has 31 heavy (non-hydrogen) atoms. The number of para-hydroxylation sites is 1. The molecule has 0 aliphatic heterocycles. The number of nitrogens with zero attached hydrogens (tertiary/aromatic N) is 2. The van der Waals surface area contributed by atoms with Crippen LogP contribution in [-0.4, -0.2) is 15.8 Å². The number of hydrogen-bond acceptors (Lipinski definition) is 5. The number of nitro groups is 1. The number of carbonyl (C=O) groups is 1. The molecular weight excluding hydrogens is 392 g/mol. The average molecular weight is 412 g/mol. The highest BCUT2D eigenvalue weighted by Gasteiger charge is 2.29. The van der Waals surface area contributed by atoms with E-state index in [1.165, 1.54) is 0 Å². The van der Waals surface area contributed by atoms with Crippen LogP contribution in [0.2, 0.25) is 0 Å². The Labute approximate surface area is 178 Å². The van der Waals surface area contributed by atoms with Gasteiger partial charge in [-0.25, -0.2) is 4.98 Å². The minimum absolute atomic E-state index is 0.0156. The molecule has 7 nitrogen and oxygen atoms in total. The molecule has 0 saturated heterocycles. The maximum absolute atomic E-state index is 13.2. The monoisotopic (exact) mass is 412 g/mol. The topological polar surface area (TPSA) is 97.2 Å². The maximum Gasteiger partial charge on any atom is 0.324 e. The summed E-state index contributed by atoms with van der Waals surface area (Å²) >= 11 is 0. The molecule has 0 aliphatic rings. The first kappa shape index (κ1) is 20.0. The summed E-state index contributed by atoms with van der Waals surface area (Å²) in [7, 11) is 0. The third-order valence-electron chi connectivity index (χ3n) is 4.86. The third-order valence-corrected chi connectivity index (χ3v) is 4.86. The number of fused-ring (bicyclic) bond motifs is 1. The maximum atomic E-state index is 13.2. The summed E-state index contributed by atoms with van der Waals surface area (Å²) in [6.45, 7) is 2.21. The van der Waals surface area contributed by atoms with E-state index in [4.69, 9.17) is 0 Å². The van der Waals surface area contributed by atoms with Gasteiger partial charge >= 0.3 is 5.69 Å². The van der Waals surface area contributed by atoms with Crippen molar-refractivity contribution in [1.82, 2.24) is 4.98 Å². The van der Waals surface area contributed by atoms with E-state index in [2.05, 4.69) is 15.6 Å².